The van der Waals surface area contributed by atoms with E-state index in [2.05, 4.69) is 20.8 Å². The molecule has 1 aliphatic rings. The number of benzene rings is 2. The third kappa shape index (κ3) is 5.03. The molecule has 0 amide bonds. The first-order valence-corrected chi connectivity index (χ1v) is 11.9. The summed E-state index contributed by atoms with van der Waals surface area (Å²) in [7, 11) is 0. The van der Waals surface area contributed by atoms with Gasteiger partial charge in [-0.1, -0.05) is 58.6 Å². The maximum Gasteiger partial charge on any atom is 0.312 e. The Balaban J connectivity index is 2.05. The number of rotatable bonds is 9. The van der Waals surface area contributed by atoms with E-state index in [1.807, 2.05) is 19.9 Å². The van der Waals surface area contributed by atoms with Crippen molar-refractivity contribution in [3.8, 4) is 11.5 Å². The number of phenols is 1. The lowest BCUT2D eigenvalue weighted by molar-refractivity contribution is -0.384. The van der Waals surface area contributed by atoms with Gasteiger partial charge in [0.25, 0.3) is 5.69 Å². The van der Waals surface area contributed by atoms with Crippen molar-refractivity contribution in [2.75, 3.05) is 0 Å². The van der Waals surface area contributed by atoms with Gasteiger partial charge >= 0.3 is 5.97 Å². The minimum Gasteiger partial charge on any atom is -0.507 e. The van der Waals surface area contributed by atoms with E-state index >= 15 is 0 Å². The summed E-state index contributed by atoms with van der Waals surface area (Å²) >= 11 is 0. The SMILES string of the molecule is CCCCCCC(C)(C)c1cc(O)c2c(c1)OC(C)(C)C(c1ccc([N+](=O)[O-])cc1)C2C(=O)O. The van der Waals surface area contributed by atoms with Gasteiger partial charge in [0.05, 0.1) is 16.4 Å². The van der Waals surface area contributed by atoms with Crippen LogP contribution in [0, 0.1) is 10.1 Å². The predicted octanol–water partition coefficient (Wildman–Crippen LogP) is 6.67. The van der Waals surface area contributed by atoms with Crippen molar-refractivity contribution in [3.63, 3.8) is 0 Å². The quantitative estimate of drug-likeness (QED) is 0.241. The van der Waals surface area contributed by atoms with E-state index < -0.39 is 28.3 Å². The van der Waals surface area contributed by atoms with Crippen LogP contribution in [0.5, 0.6) is 11.5 Å². The fraction of sp³-hybridized carbons (Fsp3) is 0.519. The van der Waals surface area contributed by atoms with Gasteiger partial charge in [-0.3, -0.25) is 14.9 Å². The number of nitro groups is 1. The van der Waals surface area contributed by atoms with Crippen molar-refractivity contribution in [2.45, 2.75) is 89.6 Å². The fourth-order valence-corrected chi connectivity index (χ4v) is 5.12. The Morgan fingerprint density at radius 2 is 1.79 bits per heavy atom. The number of nitro benzene ring substituents is 1. The second-order valence-electron chi connectivity index (χ2n) is 10.4. The molecule has 0 fully saturated rings. The van der Waals surface area contributed by atoms with E-state index in [0.29, 0.717) is 11.3 Å². The molecule has 7 nitrogen and oxygen atoms in total. The Hall–Kier alpha value is -3.09. The monoisotopic (exact) mass is 469 g/mol. The van der Waals surface area contributed by atoms with Gasteiger partial charge in [-0.15, -0.1) is 0 Å². The molecule has 2 atom stereocenters. The number of unbranched alkanes of at least 4 members (excludes halogenated alkanes) is 3. The summed E-state index contributed by atoms with van der Waals surface area (Å²) in [5, 5.41) is 32.3. The van der Waals surface area contributed by atoms with E-state index in [0.717, 1.165) is 31.2 Å². The van der Waals surface area contributed by atoms with E-state index in [4.69, 9.17) is 4.74 Å². The number of fused-ring (bicyclic) bond motifs is 1. The van der Waals surface area contributed by atoms with Crippen LogP contribution in [-0.4, -0.2) is 26.7 Å². The molecular weight excluding hydrogens is 434 g/mol. The number of non-ortho nitro benzene ring substituents is 1. The number of ether oxygens (including phenoxy) is 1. The van der Waals surface area contributed by atoms with Crippen LogP contribution in [0.3, 0.4) is 0 Å². The average Bonchev–Trinajstić information content (AvgIpc) is 2.75. The van der Waals surface area contributed by atoms with Crippen molar-refractivity contribution in [1.29, 1.82) is 0 Å². The van der Waals surface area contributed by atoms with Gasteiger partial charge in [0.2, 0.25) is 0 Å². The van der Waals surface area contributed by atoms with Gasteiger partial charge < -0.3 is 14.9 Å². The topological polar surface area (TPSA) is 110 Å². The molecule has 2 unspecified atom stereocenters. The number of carboxylic acids is 1. The molecule has 0 saturated heterocycles. The molecule has 0 aliphatic carbocycles. The summed E-state index contributed by atoms with van der Waals surface area (Å²) < 4.78 is 6.35. The molecule has 7 heteroatoms. The summed E-state index contributed by atoms with van der Waals surface area (Å²) in [6.45, 7) is 10.1. The van der Waals surface area contributed by atoms with E-state index in [-0.39, 0.29) is 22.4 Å². The lowest BCUT2D eigenvalue weighted by Crippen LogP contribution is -2.45. The van der Waals surface area contributed by atoms with Gasteiger partial charge in [0, 0.05) is 18.1 Å². The molecule has 1 aliphatic heterocycles. The van der Waals surface area contributed by atoms with Gasteiger partial charge in [0.15, 0.2) is 0 Å². The zero-order valence-electron chi connectivity index (χ0n) is 20.6. The van der Waals surface area contributed by atoms with Crippen LogP contribution in [0.15, 0.2) is 36.4 Å². The number of aliphatic carboxylic acids is 1. The highest BCUT2D eigenvalue weighted by molar-refractivity contribution is 5.81. The summed E-state index contributed by atoms with van der Waals surface area (Å²) in [5.74, 6) is -2.52. The van der Waals surface area contributed by atoms with Crippen LogP contribution in [0.2, 0.25) is 0 Å². The second-order valence-corrected chi connectivity index (χ2v) is 10.4. The molecule has 3 rings (SSSR count). The van der Waals surface area contributed by atoms with Gasteiger partial charge in [-0.05, 0) is 48.9 Å². The number of carboxylic acid groups (broad SMARTS) is 1. The molecule has 0 bridgehead atoms. The summed E-state index contributed by atoms with van der Waals surface area (Å²) in [6, 6.07) is 9.41. The number of hydrogen-bond donors (Lipinski definition) is 2. The Kier molecular flexibility index (Phi) is 7.24. The van der Waals surface area contributed by atoms with Crippen LogP contribution in [0.4, 0.5) is 5.69 Å². The molecule has 1 heterocycles. The van der Waals surface area contributed by atoms with Crippen LogP contribution < -0.4 is 4.74 Å². The lowest BCUT2D eigenvalue weighted by atomic mass is 9.69. The Morgan fingerprint density at radius 1 is 1.15 bits per heavy atom. The van der Waals surface area contributed by atoms with Crippen LogP contribution in [-0.2, 0) is 10.2 Å². The molecule has 2 aromatic carbocycles. The zero-order valence-corrected chi connectivity index (χ0v) is 20.6. The van der Waals surface area contributed by atoms with Crippen LogP contribution in [0.1, 0.15) is 95.2 Å². The Bertz CT molecular complexity index is 1060. The third-order valence-electron chi connectivity index (χ3n) is 7.05. The summed E-state index contributed by atoms with van der Waals surface area (Å²) in [5.41, 5.74) is 0.562. The minimum absolute atomic E-state index is 0.0702. The van der Waals surface area contributed by atoms with Gasteiger partial charge in [-0.25, -0.2) is 0 Å². The lowest BCUT2D eigenvalue weighted by Gasteiger charge is -2.44. The molecule has 2 aromatic rings. The first kappa shape index (κ1) is 25.5. The van der Waals surface area contributed by atoms with E-state index in [1.54, 1.807) is 18.2 Å². The normalized spacial score (nSPS) is 19.2. The van der Waals surface area contributed by atoms with E-state index in [1.165, 1.54) is 18.6 Å². The minimum atomic E-state index is -1.08. The smallest absolute Gasteiger partial charge is 0.312 e. The number of nitrogens with zero attached hydrogens (tertiary/aromatic N) is 1. The highest BCUT2D eigenvalue weighted by Gasteiger charge is 2.49. The third-order valence-corrected chi connectivity index (χ3v) is 7.05. The standard InChI is InChI=1S/C27H35NO6/c1-6-7-8-9-14-26(2,3)18-15-20(29)22-21(16-18)34-27(4,5)24(23(22)25(30)31)17-10-12-19(13-11-17)28(32)33/h10-13,15-16,23-24,29H,6-9,14H2,1-5H3,(H,30,31). The molecule has 0 radical (unpaired) electrons. The molecule has 34 heavy (non-hydrogen) atoms. The van der Waals surface area contributed by atoms with Crippen molar-refractivity contribution < 1.29 is 24.7 Å². The van der Waals surface area contributed by atoms with Crippen molar-refractivity contribution in [3.05, 3.63) is 63.2 Å². The van der Waals surface area contributed by atoms with Gasteiger partial charge in [0.1, 0.15) is 17.1 Å². The van der Waals surface area contributed by atoms with Crippen LogP contribution >= 0.6 is 0 Å². The van der Waals surface area contributed by atoms with Gasteiger partial charge in [-0.2, -0.15) is 0 Å². The molecule has 0 spiro atoms. The van der Waals surface area contributed by atoms with E-state index in [9.17, 15) is 25.1 Å². The molecule has 184 valence electrons. The molecule has 0 aromatic heterocycles. The average molecular weight is 470 g/mol. The summed E-state index contributed by atoms with van der Waals surface area (Å²) in [4.78, 5) is 23.1. The number of phenolic OH excluding ortho intramolecular Hbond substituents is 1. The Labute approximate surface area is 200 Å². The molecule has 2 N–H and O–H groups in total. The first-order chi connectivity index (χ1) is 15.9. The highest BCUT2D eigenvalue weighted by atomic mass is 16.6. The van der Waals surface area contributed by atoms with Crippen molar-refractivity contribution >= 4 is 11.7 Å². The molecule has 0 saturated carbocycles. The predicted molar refractivity (Wildman–Crippen MR) is 131 cm³/mol. The second kappa shape index (κ2) is 9.65. The first-order valence-electron chi connectivity index (χ1n) is 11.9. The highest BCUT2D eigenvalue weighted by Crippen LogP contribution is 2.54. The molecular formula is C27H35NO6. The van der Waals surface area contributed by atoms with Crippen LogP contribution in [0.25, 0.3) is 0 Å². The summed E-state index contributed by atoms with van der Waals surface area (Å²) in [6.07, 6.45) is 5.52. The van der Waals surface area contributed by atoms with Crippen molar-refractivity contribution in [2.24, 2.45) is 0 Å². The largest absolute Gasteiger partial charge is 0.507 e. The maximum atomic E-state index is 12.5. The Morgan fingerprint density at radius 3 is 2.35 bits per heavy atom. The number of carbonyl (C=O) groups is 1. The van der Waals surface area contributed by atoms with Crippen molar-refractivity contribution in [1.82, 2.24) is 0 Å². The fourth-order valence-electron chi connectivity index (χ4n) is 5.12. The number of hydrogen-bond acceptors (Lipinski definition) is 5. The number of aromatic hydroxyl groups is 1. The zero-order chi connectivity index (χ0) is 25.3. The maximum absolute atomic E-state index is 12.5.